The van der Waals surface area contributed by atoms with Crippen molar-refractivity contribution in [1.82, 2.24) is 0 Å². The highest BCUT2D eigenvalue weighted by Crippen LogP contribution is 2.61. The molecule has 0 spiro atoms. The Labute approximate surface area is 226 Å². The van der Waals surface area contributed by atoms with Crippen LogP contribution in [0.15, 0.2) is 30.3 Å². The lowest BCUT2D eigenvalue weighted by molar-refractivity contribution is -0.192. The monoisotopic (exact) mass is 592 g/mol. The SMILES string of the molecule is O=C(Oc1ccc(F)c(C(=O)OC2C3CC4CC(C3)CC2(C(=O)O)C4)c1C(F)(F)F)c1cccc(F)c1C(F)(F)F. The molecular formula is C27H20F8O6. The van der Waals surface area contributed by atoms with Crippen molar-refractivity contribution in [1.29, 1.82) is 0 Å². The second kappa shape index (κ2) is 9.69. The van der Waals surface area contributed by atoms with Gasteiger partial charge in [0.05, 0.1) is 5.56 Å². The molecule has 6 nitrogen and oxygen atoms in total. The zero-order valence-electron chi connectivity index (χ0n) is 20.7. The Balaban J connectivity index is 1.52. The standard InChI is InChI=1S/C27H20F8O6/c28-15-4-5-17(40-22(36)14-2-1-3-16(29)19(14)26(30,31)32)20(27(33,34)35)18(15)23(37)41-21-13-7-11-6-12(8-13)10-25(21,9-11)24(38)39/h1-5,11-13,21H,6-10H2,(H,38,39). The van der Waals surface area contributed by atoms with Gasteiger partial charge in [0.15, 0.2) is 0 Å². The van der Waals surface area contributed by atoms with Crippen LogP contribution in [0.2, 0.25) is 0 Å². The molecule has 4 aliphatic carbocycles. The number of hydrogen-bond acceptors (Lipinski definition) is 5. The molecule has 2 aromatic carbocycles. The van der Waals surface area contributed by atoms with E-state index in [-0.39, 0.29) is 30.7 Å². The molecule has 6 rings (SSSR count). The number of ether oxygens (including phenoxy) is 2. The summed E-state index contributed by atoms with van der Waals surface area (Å²) in [6.45, 7) is 0. The smallest absolute Gasteiger partial charge is 0.420 e. The van der Waals surface area contributed by atoms with Crippen molar-refractivity contribution in [3.05, 3.63) is 64.2 Å². The summed E-state index contributed by atoms with van der Waals surface area (Å²) >= 11 is 0. The molecule has 3 unspecified atom stereocenters. The van der Waals surface area contributed by atoms with Crippen molar-refractivity contribution in [3.8, 4) is 5.75 Å². The third-order valence-corrected chi connectivity index (χ3v) is 8.20. The van der Waals surface area contributed by atoms with Gasteiger partial charge < -0.3 is 14.6 Å². The predicted octanol–water partition coefficient (Wildman–Crippen LogP) is 6.66. The molecule has 1 N–H and O–H groups in total. The Bertz CT molecular complexity index is 1420. The van der Waals surface area contributed by atoms with Crippen LogP contribution < -0.4 is 4.74 Å². The van der Waals surface area contributed by atoms with Crippen molar-refractivity contribution in [2.75, 3.05) is 0 Å². The van der Waals surface area contributed by atoms with Crippen LogP contribution in [0.4, 0.5) is 35.1 Å². The molecule has 0 saturated heterocycles. The first-order valence-electron chi connectivity index (χ1n) is 12.4. The lowest BCUT2D eigenvalue weighted by Gasteiger charge is -2.58. The van der Waals surface area contributed by atoms with Crippen LogP contribution in [0.1, 0.15) is 63.9 Å². The second-order valence-corrected chi connectivity index (χ2v) is 10.7. The number of alkyl halides is 6. The van der Waals surface area contributed by atoms with E-state index in [9.17, 15) is 54.6 Å². The molecule has 0 aliphatic heterocycles. The number of halogens is 8. The minimum atomic E-state index is -5.60. The van der Waals surface area contributed by atoms with E-state index in [1.54, 1.807) is 0 Å². The first-order valence-corrected chi connectivity index (χ1v) is 12.4. The summed E-state index contributed by atoms with van der Waals surface area (Å²) < 4.78 is 121. The Hall–Kier alpha value is -3.71. The van der Waals surface area contributed by atoms with Gasteiger partial charge in [-0.25, -0.2) is 18.4 Å². The fourth-order valence-electron chi connectivity index (χ4n) is 6.93. The van der Waals surface area contributed by atoms with Gasteiger partial charge in [0.2, 0.25) is 0 Å². The summed E-state index contributed by atoms with van der Waals surface area (Å²) in [7, 11) is 0. The first kappa shape index (κ1) is 28.8. The van der Waals surface area contributed by atoms with E-state index in [4.69, 9.17) is 4.74 Å². The van der Waals surface area contributed by atoms with Gasteiger partial charge in [0.25, 0.3) is 0 Å². The Morgan fingerprint density at radius 1 is 0.805 bits per heavy atom. The van der Waals surface area contributed by atoms with Crippen LogP contribution in [-0.4, -0.2) is 29.1 Å². The topological polar surface area (TPSA) is 89.9 Å². The molecular weight excluding hydrogens is 572 g/mol. The van der Waals surface area contributed by atoms with E-state index < -0.39 is 87.3 Å². The molecule has 14 heteroatoms. The van der Waals surface area contributed by atoms with Crippen LogP contribution in [0.25, 0.3) is 0 Å². The lowest BCUT2D eigenvalue weighted by Crippen LogP contribution is -2.60. The molecule has 0 heterocycles. The molecule has 41 heavy (non-hydrogen) atoms. The van der Waals surface area contributed by atoms with Crippen molar-refractivity contribution in [2.45, 2.75) is 50.6 Å². The number of aliphatic carboxylic acids is 1. The van der Waals surface area contributed by atoms with Gasteiger partial charge in [0.1, 0.15) is 45.6 Å². The number of carbonyl (C=O) groups is 3. The third kappa shape index (κ3) is 4.90. The number of rotatable bonds is 5. The molecule has 4 fully saturated rings. The summed E-state index contributed by atoms with van der Waals surface area (Å²) in [6, 6.07) is 2.14. The summed E-state index contributed by atoms with van der Waals surface area (Å²) in [5, 5.41) is 10.0. The number of carboxylic acids is 1. The minimum Gasteiger partial charge on any atom is -0.481 e. The number of hydrogen-bond donors (Lipinski definition) is 1. The molecule has 3 atom stereocenters. The molecule has 0 amide bonds. The normalized spacial score (nSPS) is 27.0. The summed E-state index contributed by atoms with van der Waals surface area (Å²) in [5.74, 6) is -10.8. The number of carbonyl (C=O) groups excluding carboxylic acids is 2. The fourth-order valence-corrected chi connectivity index (χ4v) is 6.93. The molecule has 220 valence electrons. The second-order valence-electron chi connectivity index (χ2n) is 10.7. The van der Waals surface area contributed by atoms with E-state index in [1.807, 2.05) is 0 Å². The number of carboxylic acid groups (broad SMARTS) is 1. The summed E-state index contributed by atoms with van der Waals surface area (Å²) in [4.78, 5) is 38.0. The van der Waals surface area contributed by atoms with Crippen LogP contribution in [0.3, 0.4) is 0 Å². The zero-order chi connectivity index (χ0) is 30.1. The van der Waals surface area contributed by atoms with Gasteiger partial charge in [-0.15, -0.1) is 0 Å². The Morgan fingerprint density at radius 3 is 1.98 bits per heavy atom. The van der Waals surface area contributed by atoms with Gasteiger partial charge >= 0.3 is 30.3 Å². The van der Waals surface area contributed by atoms with Gasteiger partial charge in [-0.3, -0.25) is 4.79 Å². The van der Waals surface area contributed by atoms with E-state index >= 15 is 0 Å². The first-order chi connectivity index (χ1) is 19.0. The highest BCUT2D eigenvalue weighted by molar-refractivity contribution is 5.95. The molecule has 0 radical (unpaired) electrons. The molecule has 4 bridgehead atoms. The summed E-state index contributed by atoms with van der Waals surface area (Å²) in [5.41, 5.74) is -9.01. The van der Waals surface area contributed by atoms with Gasteiger partial charge in [-0.05, 0) is 74.1 Å². The maximum atomic E-state index is 14.9. The van der Waals surface area contributed by atoms with Crippen LogP contribution in [-0.2, 0) is 21.9 Å². The van der Waals surface area contributed by atoms with Crippen LogP contribution in [0, 0.1) is 34.8 Å². The lowest BCUT2D eigenvalue weighted by atomic mass is 9.48. The Morgan fingerprint density at radius 2 is 1.41 bits per heavy atom. The van der Waals surface area contributed by atoms with E-state index in [2.05, 4.69) is 4.74 Å². The number of esters is 2. The average molecular weight is 592 g/mol. The van der Waals surface area contributed by atoms with Gasteiger partial charge in [-0.2, -0.15) is 26.3 Å². The predicted molar refractivity (Wildman–Crippen MR) is 121 cm³/mol. The third-order valence-electron chi connectivity index (χ3n) is 8.20. The Kier molecular flexibility index (Phi) is 6.81. The van der Waals surface area contributed by atoms with Gasteiger partial charge in [0, 0.05) is 0 Å². The molecule has 4 saturated carbocycles. The van der Waals surface area contributed by atoms with Gasteiger partial charge in [-0.1, -0.05) is 6.07 Å². The maximum absolute atomic E-state index is 14.9. The minimum absolute atomic E-state index is 0.0353. The molecule has 4 aliphatic rings. The fraction of sp³-hybridized carbons (Fsp3) is 0.444. The van der Waals surface area contributed by atoms with E-state index in [0.29, 0.717) is 37.1 Å². The van der Waals surface area contributed by atoms with Crippen LogP contribution >= 0.6 is 0 Å². The van der Waals surface area contributed by atoms with E-state index in [1.165, 1.54) is 0 Å². The van der Waals surface area contributed by atoms with Crippen molar-refractivity contribution in [2.24, 2.45) is 23.2 Å². The van der Waals surface area contributed by atoms with Crippen LogP contribution in [0.5, 0.6) is 5.75 Å². The molecule has 0 aromatic heterocycles. The largest absolute Gasteiger partial charge is 0.481 e. The van der Waals surface area contributed by atoms with E-state index in [0.717, 1.165) is 6.42 Å². The molecule has 2 aromatic rings. The highest BCUT2D eigenvalue weighted by Gasteiger charge is 2.63. The quantitative estimate of drug-likeness (QED) is 0.237. The average Bonchev–Trinajstić information content (AvgIpc) is 2.84. The van der Waals surface area contributed by atoms with Crippen molar-refractivity contribution >= 4 is 17.9 Å². The highest BCUT2D eigenvalue weighted by atomic mass is 19.4. The maximum Gasteiger partial charge on any atom is 0.420 e. The van der Waals surface area contributed by atoms with Crippen molar-refractivity contribution < 1.29 is 64.1 Å². The number of benzene rings is 2. The zero-order valence-corrected chi connectivity index (χ0v) is 20.7. The summed E-state index contributed by atoms with van der Waals surface area (Å²) in [6.07, 6.45) is -10.4. The van der Waals surface area contributed by atoms with Crippen molar-refractivity contribution in [3.63, 3.8) is 0 Å².